The van der Waals surface area contributed by atoms with Gasteiger partial charge in [0.15, 0.2) is 11.9 Å². The molecule has 0 aromatic carbocycles. The van der Waals surface area contributed by atoms with Gasteiger partial charge in [0.05, 0.1) is 0 Å². The fourth-order valence-corrected chi connectivity index (χ4v) is 1.81. The van der Waals surface area contributed by atoms with Crippen molar-refractivity contribution in [3.05, 3.63) is 0 Å². The first-order valence-corrected chi connectivity index (χ1v) is 5.70. The summed E-state index contributed by atoms with van der Waals surface area (Å²) >= 11 is 2.64. The van der Waals surface area contributed by atoms with Crippen molar-refractivity contribution in [1.29, 1.82) is 0 Å². The maximum atomic E-state index is 12.7. The number of alkyl halides is 6. The number of hydrogen-bond acceptors (Lipinski definition) is 6. The number of ether oxygens (including phenoxy) is 1. The zero-order valence-corrected chi connectivity index (χ0v) is 10.8. The Kier molecular flexibility index (Phi) is 5.16. The number of esters is 1. The van der Waals surface area contributed by atoms with Crippen LogP contribution in [0.2, 0.25) is 0 Å². The van der Waals surface area contributed by atoms with Gasteiger partial charge in [-0.25, -0.2) is 4.79 Å². The number of halogens is 6. The molecule has 0 amide bonds. The van der Waals surface area contributed by atoms with Gasteiger partial charge in [-0.05, 0) is 12.8 Å². The van der Waals surface area contributed by atoms with Crippen LogP contribution in [0.3, 0.4) is 0 Å². The van der Waals surface area contributed by atoms with Crippen molar-refractivity contribution in [3.63, 3.8) is 0 Å². The highest BCUT2D eigenvalue weighted by Gasteiger charge is 2.80. The topological polar surface area (TPSA) is 61.8 Å². The second-order valence-electron chi connectivity index (χ2n) is 4.09. The van der Waals surface area contributed by atoms with Crippen LogP contribution in [-0.2, 0) is 23.5 Å². The number of carbonyl (C=O) groups is 2. The van der Waals surface area contributed by atoms with E-state index in [1.807, 2.05) is 0 Å². The lowest BCUT2D eigenvalue weighted by Gasteiger charge is -2.32. The third-order valence-electron chi connectivity index (χ3n) is 2.75. The SMILES string of the molecule is O=C1CCCC1OC(=O)C(OOS)(C(F)(F)F)C(F)(F)F. The Labute approximate surface area is 119 Å². The molecule has 1 aliphatic rings. The first-order chi connectivity index (χ1) is 9.47. The molecule has 0 heterocycles. The molecule has 12 heteroatoms. The van der Waals surface area contributed by atoms with Crippen LogP contribution in [0.25, 0.3) is 0 Å². The van der Waals surface area contributed by atoms with Crippen LogP contribution >= 0.6 is 12.9 Å². The molecule has 1 unspecified atom stereocenters. The average Bonchev–Trinajstić information content (AvgIpc) is 2.68. The largest absolute Gasteiger partial charge is 0.452 e. The van der Waals surface area contributed by atoms with Gasteiger partial charge in [-0.15, -0.1) is 0 Å². The van der Waals surface area contributed by atoms with Crippen molar-refractivity contribution in [2.75, 3.05) is 0 Å². The van der Waals surface area contributed by atoms with E-state index in [-0.39, 0.29) is 19.3 Å². The number of ketones is 1. The second-order valence-corrected chi connectivity index (χ2v) is 4.24. The highest BCUT2D eigenvalue weighted by Crippen LogP contribution is 2.47. The van der Waals surface area contributed by atoms with Gasteiger partial charge in [0.2, 0.25) is 0 Å². The summed E-state index contributed by atoms with van der Waals surface area (Å²) in [5, 5.41) is 0. The molecule has 0 aromatic rings. The summed E-state index contributed by atoms with van der Waals surface area (Å²) in [5.74, 6) is -3.61. The Morgan fingerprint density at radius 3 is 2.00 bits per heavy atom. The van der Waals surface area contributed by atoms with Crippen LogP contribution in [0.1, 0.15) is 19.3 Å². The first-order valence-electron chi connectivity index (χ1n) is 5.34. The fourth-order valence-electron chi connectivity index (χ4n) is 1.70. The van der Waals surface area contributed by atoms with Crippen LogP contribution in [-0.4, -0.2) is 35.8 Å². The number of Topliss-reactive ketones (excluding diaryl/α,β-unsaturated/α-hetero) is 1. The molecule has 1 rings (SSSR count). The van der Waals surface area contributed by atoms with Crippen LogP contribution in [0, 0.1) is 0 Å². The molecule has 1 fully saturated rings. The van der Waals surface area contributed by atoms with Gasteiger partial charge in [-0.2, -0.15) is 35.6 Å². The predicted octanol–water partition coefficient (Wildman–Crippen LogP) is 2.31. The molecule has 1 saturated carbocycles. The van der Waals surface area contributed by atoms with E-state index >= 15 is 0 Å². The van der Waals surface area contributed by atoms with Crippen molar-refractivity contribution in [1.82, 2.24) is 0 Å². The van der Waals surface area contributed by atoms with Crippen molar-refractivity contribution in [2.45, 2.75) is 43.3 Å². The van der Waals surface area contributed by atoms with Crippen LogP contribution < -0.4 is 0 Å². The summed E-state index contributed by atoms with van der Waals surface area (Å²) in [6.45, 7) is 0. The number of carbonyl (C=O) groups excluding carboxylic acids is 2. The zero-order valence-electron chi connectivity index (χ0n) is 9.95. The number of thiol groups is 1. The lowest BCUT2D eigenvalue weighted by Crippen LogP contribution is -2.65. The van der Waals surface area contributed by atoms with E-state index in [0.717, 1.165) is 0 Å². The normalized spacial score (nSPS) is 20.7. The van der Waals surface area contributed by atoms with Gasteiger partial charge in [0, 0.05) is 19.3 Å². The van der Waals surface area contributed by atoms with Crippen molar-refractivity contribution >= 4 is 24.7 Å². The molecule has 0 spiro atoms. The van der Waals surface area contributed by atoms with Gasteiger partial charge in [-0.3, -0.25) is 4.79 Å². The summed E-state index contributed by atoms with van der Waals surface area (Å²) in [7, 11) is 0. The summed E-state index contributed by atoms with van der Waals surface area (Å²) in [4.78, 5) is 25.7. The summed E-state index contributed by atoms with van der Waals surface area (Å²) in [6.07, 6.45) is -14.2. The molecule has 21 heavy (non-hydrogen) atoms. The summed E-state index contributed by atoms with van der Waals surface area (Å²) < 4.78 is 83.6. The van der Waals surface area contributed by atoms with E-state index in [1.54, 1.807) is 0 Å². The molecule has 122 valence electrons. The highest BCUT2D eigenvalue weighted by atomic mass is 32.1. The van der Waals surface area contributed by atoms with Gasteiger partial charge in [-0.1, -0.05) is 0 Å². The van der Waals surface area contributed by atoms with E-state index in [1.165, 1.54) is 0 Å². The molecule has 0 bridgehead atoms. The van der Waals surface area contributed by atoms with Gasteiger partial charge in [0.25, 0.3) is 0 Å². The quantitative estimate of drug-likeness (QED) is 0.212. The van der Waals surface area contributed by atoms with E-state index < -0.39 is 35.8 Å². The Balaban J connectivity index is 3.16. The minimum Gasteiger partial charge on any atom is -0.452 e. The number of hydrogen-bond donors (Lipinski definition) is 1. The lowest BCUT2D eigenvalue weighted by molar-refractivity contribution is -0.434. The van der Waals surface area contributed by atoms with Gasteiger partial charge < -0.3 is 4.74 Å². The van der Waals surface area contributed by atoms with Gasteiger partial charge >= 0.3 is 23.9 Å². The average molecular weight is 342 g/mol. The fraction of sp³-hybridized carbons (Fsp3) is 0.778. The van der Waals surface area contributed by atoms with Gasteiger partial charge in [0.1, 0.15) is 0 Å². The third-order valence-corrected chi connectivity index (χ3v) is 2.82. The third kappa shape index (κ3) is 3.26. The van der Waals surface area contributed by atoms with Crippen LogP contribution in [0.15, 0.2) is 0 Å². The lowest BCUT2D eigenvalue weighted by atomic mass is 10.0. The molecule has 1 atom stereocenters. The van der Waals surface area contributed by atoms with Crippen LogP contribution in [0.4, 0.5) is 26.3 Å². The maximum absolute atomic E-state index is 12.7. The van der Waals surface area contributed by atoms with Crippen molar-refractivity contribution < 1.29 is 49.9 Å². The predicted molar refractivity (Wildman–Crippen MR) is 54.7 cm³/mol. The van der Waals surface area contributed by atoms with E-state index in [9.17, 15) is 35.9 Å². The second kappa shape index (κ2) is 6.01. The minimum atomic E-state index is -6.24. The molecular formula is C9H8F6O5S. The molecule has 5 nitrogen and oxygen atoms in total. The Hall–Kier alpha value is -1.01. The Morgan fingerprint density at radius 1 is 1.14 bits per heavy atom. The first kappa shape index (κ1) is 18.0. The van der Waals surface area contributed by atoms with Crippen molar-refractivity contribution in [3.8, 4) is 0 Å². The summed E-state index contributed by atoms with van der Waals surface area (Å²) in [6, 6.07) is 0. The molecule has 0 N–H and O–H groups in total. The molecular weight excluding hydrogens is 334 g/mol. The summed E-state index contributed by atoms with van der Waals surface area (Å²) in [5.41, 5.74) is -5.38. The molecule has 1 aliphatic carbocycles. The Morgan fingerprint density at radius 2 is 1.67 bits per heavy atom. The molecule has 0 aliphatic heterocycles. The number of rotatable bonds is 4. The molecule has 0 saturated heterocycles. The maximum Gasteiger partial charge on any atom is 0.441 e. The molecule has 0 radical (unpaired) electrons. The Bertz CT molecular complexity index is 406. The minimum absolute atomic E-state index is 0.104. The monoisotopic (exact) mass is 342 g/mol. The van der Waals surface area contributed by atoms with E-state index in [2.05, 4.69) is 26.9 Å². The van der Waals surface area contributed by atoms with E-state index in [0.29, 0.717) is 0 Å². The van der Waals surface area contributed by atoms with Crippen LogP contribution in [0.5, 0.6) is 0 Å². The zero-order chi connectivity index (χ0) is 16.5. The standard InChI is InChI=1S/C9H8F6O5S/c10-8(11,12)7(19-20-21,9(13,14)15)6(17)18-5-3-1-2-4(5)16/h5,21H,1-3H2. The van der Waals surface area contributed by atoms with E-state index in [4.69, 9.17) is 0 Å². The highest BCUT2D eigenvalue weighted by molar-refractivity contribution is 7.74. The smallest absolute Gasteiger partial charge is 0.441 e. The molecule has 0 aromatic heterocycles. The van der Waals surface area contributed by atoms with Crippen molar-refractivity contribution in [2.24, 2.45) is 0 Å².